The molecule has 0 unspecified atom stereocenters. The van der Waals surface area contributed by atoms with Gasteiger partial charge in [0.25, 0.3) is 0 Å². The van der Waals surface area contributed by atoms with Crippen LogP contribution in [-0.2, 0) is 0 Å². The SMILES string of the molecule is NC(=Nc1ccsc1)N1CCN(c2cnc(-c3cccc(Cl)c3Cl)c(N)n2)CC1. The highest BCUT2D eigenvalue weighted by Gasteiger charge is 2.21. The number of benzene rings is 1. The Morgan fingerprint density at radius 1 is 1.14 bits per heavy atom. The molecule has 4 N–H and O–H groups in total. The first-order chi connectivity index (χ1) is 14.0. The molecule has 1 saturated heterocycles. The van der Waals surface area contributed by atoms with Crippen LogP contribution in [0.1, 0.15) is 0 Å². The first-order valence-electron chi connectivity index (χ1n) is 8.96. The van der Waals surface area contributed by atoms with Crippen LogP contribution in [-0.4, -0.2) is 47.0 Å². The minimum atomic E-state index is 0.313. The molecular weight excluding hydrogens is 429 g/mol. The monoisotopic (exact) mass is 447 g/mol. The molecule has 4 rings (SSSR count). The van der Waals surface area contributed by atoms with E-state index in [1.807, 2.05) is 22.9 Å². The molecule has 150 valence electrons. The Labute approximate surface area is 182 Å². The van der Waals surface area contributed by atoms with E-state index in [1.54, 1.807) is 29.7 Å². The van der Waals surface area contributed by atoms with Crippen molar-refractivity contribution in [3.8, 4) is 11.3 Å². The smallest absolute Gasteiger partial charge is 0.196 e. The number of nitrogens with zero attached hydrogens (tertiary/aromatic N) is 5. The lowest BCUT2D eigenvalue weighted by Gasteiger charge is -2.35. The number of halogens is 2. The standard InChI is InChI=1S/C19H19Cl2N7S/c20-14-3-1-2-13(16(14)21)17-18(22)26-15(10-24-17)27-5-7-28(8-6-27)19(23)25-12-4-9-29-11-12/h1-4,9-11H,5-8H2,(H2,22,26)(H2,23,25). The predicted molar refractivity (Wildman–Crippen MR) is 121 cm³/mol. The fraction of sp³-hybridized carbons (Fsp3) is 0.211. The third-order valence-electron chi connectivity index (χ3n) is 4.67. The van der Waals surface area contributed by atoms with Gasteiger partial charge in [-0.1, -0.05) is 35.3 Å². The summed E-state index contributed by atoms with van der Waals surface area (Å²) in [5.74, 6) is 1.56. The summed E-state index contributed by atoms with van der Waals surface area (Å²) in [6.07, 6.45) is 1.71. The molecular formula is C19H19Cl2N7S. The van der Waals surface area contributed by atoms with E-state index in [0.717, 1.165) is 37.7 Å². The highest BCUT2D eigenvalue weighted by molar-refractivity contribution is 7.08. The zero-order valence-electron chi connectivity index (χ0n) is 15.4. The van der Waals surface area contributed by atoms with Crippen molar-refractivity contribution in [3.05, 3.63) is 51.3 Å². The van der Waals surface area contributed by atoms with Gasteiger partial charge in [0.15, 0.2) is 11.8 Å². The quantitative estimate of drug-likeness (QED) is 0.467. The second kappa shape index (κ2) is 8.44. The Hall–Kier alpha value is -2.55. The number of aromatic nitrogens is 2. The third kappa shape index (κ3) is 4.24. The molecule has 1 aliphatic heterocycles. The van der Waals surface area contributed by atoms with Gasteiger partial charge in [-0.2, -0.15) is 11.3 Å². The summed E-state index contributed by atoms with van der Waals surface area (Å²) in [5, 5.41) is 4.81. The van der Waals surface area contributed by atoms with Gasteiger partial charge in [-0.05, 0) is 17.5 Å². The van der Waals surface area contributed by atoms with Crippen molar-refractivity contribution >= 4 is 57.8 Å². The molecule has 10 heteroatoms. The van der Waals surface area contributed by atoms with Crippen molar-refractivity contribution in [1.29, 1.82) is 0 Å². The van der Waals surface area contributed by atoms with E-state index >= 15 is 0 Å². The maximum Gasteiger partial charge on any atom is 0.196 e. The molecule has 0 radical (unpaired) electrons. The molecule has 0 spiro atoms. The lowest BCUT2D eigenvalue weighted by atomic mass is 10.1. The van der Waals surface area contributed by atoms with Gasteiger partial charge in [0, 0.05) is 37.1 Å². The number of hydrogen-bond acceptors (Lipinski definition) is 6. The van der Waals surface area contributed by atoms with Crippen molar-refractivity contribution in [3.63, 3.8) is 0 Å². The molecule has 0 aliphatic carbocycles. The van der Waals surface area contributed by atoms with E-state index in [1.165, 1.54) is 0 Å². The minimum absolute atomic E-state index is 0.313. The Morgan fingerprint density at radius 2 is 1.93 bits per heavy atom. The van der Waals surface area contributed by atoms with Gasteiger partial charge < -0.3 is 21.3 Å². The average molecular weight is 448 g/mol. The van der Waals surface area contributed by atoms with Gasteiger partial charge in [-0.15, -0.1) is 0 Å². The van der Waals surface area contributed by atoms with E-state index in [0.29, 0.717) is 33.1 Å². The van der Waals surface area contributed by atoms with E-state index in [2.05, 4.69) is 24.8 Å². The van der Waals surface area contributed by atoms with Gasteiger partial charge >= 0.3 is 0 Å². The molecule has 3 aromatic rings. The van der Waals surface area contributed by atoms with E-state index < -0.39 is 0 Å². The molecule has 1 aliphatic rings. The van der Waals surface area contributed by atoms with Crippen LogP contribution < -0.4 is 16.4 Å². The highest BCUT2D eigenvalue weighted by atomic mass is 35.5. The van der Waals surface area contributed by atoms with Crippen molar-refractivity contribution in [2.24, 2.45) is 10.7 Å². The number of rotatable bonds is 3. The number of anilines is 2. The lowest BCUT2D eigenvalue weighted by molar-refractivity contribution is 0.381. The second-order valence-corrected chi connectivity index (χ2v) is 8.05. The topological polar surface area (TPSA) is 96.7 Å². The molecule has 0 amide bonds. The zero-order chi connectivity index (χ0) is 20.4. The number of piperazine rings is 1. The van der Waals surface area contributed by atoms with Gasteiger partial charge in [-0.3, -0.25) is 0 Å². The normalized spacial score (nSPS) is 15.0. The molecule has 0 bridgehead atoms. The van der Waals surface area contributed by atoms with Gasteiger partial charge in [0.2, 0.25) is 0 Å². The lowest BCUT2D eigenvalue weighted by Crippen LogP contribution is -2.51. The first kappa shape index (κ1) is 19.8. The number of hydrogen-bond donors (Lipinski definition) is 2. The molecule has 2 aromatic heterocycles. The first-order valence-corrected chi connectivity index (χ1v) is 10.7. The molecule has 7 nitrogen and oxygen atoms in total. The van der Waals surface area contributed by atoms with Crippen LogP contribution >= 0.6 is 34.5 Å². The fourth-order valence-corrected chi connectivity index (χ4v) is 4.09. The van der Waals surface area contributed by atoms with Crippen molar-refractivity contribution in [1.82, 2.24) is 14.9 Å². The molecule has 1 fully saturated rings. The number of nitrogen functional groups attached to an aromatic ring is 1. The summed E-state index contributed by atoms with van der Waals surface area (Å²) in [7, 11) is 0. The predicted octanol–water partition coefficient (Wildman–Crippen LogP) is 3.86. The van der Waals surface area contributed by atoms with Crippen LogP contribution in [0.3, 0.4) is 0 Å². The summed E-state index contributed by atoms with van der Waals surface area (Å²) < 4.78 is 0. The Bertz CT molecular complexity index is 1030. The van der Waals surface area contributed by atoms with E-state index in [9.17, 15) is 0 Å². The van der Waals surface area contributed by atoms with Crippen LogP contribution in [0, 0.1) is 0 Å². The van der Waals surface area contributed by atoms with Crippen LogP contribution in [0.4, 0.5) is 17.3 Å². The number of nitrogens with two attached hydrogens (primary N) is 2. The number of guanidine groups is 1. The summed E-state index contributed by atoms with van der Waals surface area (Å²) in [5.41, 5.74) is 14.4. The van der Waals surface area contributed by atoms with Crippen LogP contribution in [0.15, 0.2) is 46.2 Å². The zero-order valence-corrected chi connectivity index (χ0v) is 17.8. The van der Waals surface area contributed by atoms with Crippen LogP contribution in [0.2, 0.25) is 10.0 Å². The second-order valence-electron chi connectivity index (χ2n) is 6.49. The Balaban J connectivity index is 1.47. The number of aliphatic imine (C=N–C) groups is 1. The van der Waals surface area contributed by atoms with Gasteiger partial charge in [0.05, 0.1) is 21.9 Å². The van der Waals surface area contributed by atoms with Crippen molar-refractivity contribution in [2.45, 2.75) is 0 Å². The van der Waals surface area contributed by atoms with Crippen LogP contribution in [0.5, 0.6) is 0 Å². The van der Waals surface area contributed by atoms with Crippen LogP contribution in [0.25, 0.3) is 11.3 Å². The fourth-order valence-electron chi connectivity index (χ4n) is 3.13. The van der Waals surface area contributed by atoms with Crippen molar-refractivity contribution in [2.75, 3.05) is 36.8 Å². The van der Waals surface area contributed by atoms with Crippen molar-refractivity contribution < 1.29 is 0 Å². The maximum absolute atomic E-state index is 6.29. The highest BCUT2D eigenvalue weighted by Crippen LogP contribution is 2.35. The molecule has 0 atom stereocenters. The summed E-state index contributed by atoms with van der Waals surface area (Å²) in [6, 6.07) is 7.29. The number of thiophene rings is 1. The third-order valence-corrected chi connectivity index (χ3v) is 6.16. The average Bonchev–Trinajstić information content (AvgIpc) is 3.23. The molecule has 29 heavy (non-hydrogen) atoms. The molecule has 0 saturated carbocycles. The summed E-state index contributed by atoms with van der Waals surface area (Å²) >= 11 is 14.0. The summed E-state index contributed by atoms with van der Waals surface area (Å²) in [6.45, 7) is 2.96. The Kier molecular flexibility index (Phi) is 5.75. The maximum atomic E-state index is 6.29. The molecule has 3 heterocycles. The van der Waals surface area contributed by atoms with E-state index in [4.69, 9.17) is 34.7 Å². The summed E-state index contributed by atoms with van der Waals surface area (Å²) in [4.78, 5) is 17.7. The van der Waals surface area contributed by atoms with E-state index in [-0.39, 0.29) is 0 Å². The van der Waals surface area contributed by atoms with Gasteiger partial charge in [-0.25, -0.2) is 15.0 Å². The Morgan fingerprint density at radius 3 is 2.62 bits per heavy atom. The minimum Gasteiger partial charge on any atom is -0.382 e. The molecule has 1 aromatic carbocycles. The largest absolute Gasteiger partial charge is 0.382 e. The van der Waals surface area contributed by atoms with Gasteiger partial charge in [0.1, 0.15) is 11.5 Å².